The van der Waals surface area contributed by atoms with Gasteiger partial charge in [-0.05, 0) is 48.0 Å². The van der Waals surface area contributed by atoms with Crippen molar-refractivity contribution in [1.29, 1.82) is 0 Å². The smallest absolute Gasteiger partial charge is 0.285 e. The van der Waals surface area contributed by atoms with E-state index in [-0.39, 0.29) is 24.0 Å². The topological polar surface area (TPSA) is 8.81 Å². The van der Waals surface area contributed by atoms with E-state index in [1.54, 1.807) is 0 Å². The zero-order chi connectivity index (χ0) is 11.2. The first-order chi connectivity index (χ1) is 7.02. The molecule has 5 heteroatoms. The molecular weight excluding hydrogens is 449 g/mol. The molecule has 0 atom stereocenters. The Bertz CT molecular complexity index is 520. The van der Waals surface area contributed by atoms with Crippen molar-refractivity contribution in [3.8, 4) is 0 Å². The third-order valence-corrected chi connectivity index (χ3v) is 3.77. The molecule has 0 aromatic carbocycles. The average molecular weight is 462 g/mol. The Morgan fingerprint density at radius 3 is 2.62 bits per heavy atom. The molecular formula is C11H13ClI2N2. The van der Waals surface area contributed by atoms with Gasteiger partial charge in [-0.2, -0.15) is 4.57 Å². The summed E-state index contributed by atoms with van der Waals surface area (Å²) in [6.45, 7) is 4.26. The van der Waals surface area contributed by atoms with E-state index in [2.05, 4.69) is 57.8 Å². The molecule has 0 unspecified atom stereocenters. The molecule has 0 amide bonds. The quantitative estimate of drug-likeness (QED) is 0.328. The molecule has 0 aliphatic rings. The monoisotopic (exact) mass is 462 g/mol. The van der Waals surface area contributed by atoms with Crippen molar-refractivity contribution in [3.05, 3.63) is 27.2 Å². The third kappa shape index (κ3) is 2.33. The number of nitrogens with zero attached hydrogens (tertiary/aromatic N) is 2. The first-order valence-electron chi connectivity index (χ1n) is 4.86. The number of aryl methyl sites for hydroxylation is 1. The predicted octanol–water partition coefficient (Wildman–Crippen LogP) is 0.309. The summed E-state index contributed by atoms with van der Waals surface area (Å²) in [6, 6.07) is 2.50. The number of fused-ring (bicyclic) bond motifs is 1. The van der Waals surface area contributed by atoms with Crippen molar-refractivity contribution in [2.45, 2.75) is 19.9 Å². The van der Waals surface area contributed by atoms with Crippen LogP contribution >= 0.6 is 34.2 Å². The Hall–Kier alpha value is 0.440. The highest BCUT2D eigenvalue weighted by Crippen LogP contribution is 2.27. The lowest BCUT2D eigenvalue weighted by Gasteiger charge is -2.03. The fraction of sp³-hybridized carbons (Fsp3) is 0.364. The number of hydrogen-bond donors (Lipinski definition) is 0. The van der Waals surface area contributed by atoms with E-state index in [1.807, 2.05) is 13.2 Å². The molecule has 0 N–H and O–H groups in total. The van der Waals surface area contributed by atoms with Gasteiger partial charge in [-0.25, -0.2) is 0 Å². The highest BCUT2D eigenvalue weighted by atomic mass is 127. The van der Waals surface area contributed by atoms with Gasteiger partial charge in [0.1, 0.15) is 0 Å². The summed E-state index contributed by atoms with van der Waals surface area (Å²) in [5.74, 6) is 0. The fourth-order valence-electron chi connectivity index (χ4n) is 1.75. The molecule has 2 rings (SSSR count). The van der Waals surface area contributed by atoms with Crippen LogP contribution in [-0.4, -0.2) is 4.57 Å². The lowest BCUT2D eigenvalue weighted by molar-refractivity contribution is -0.712. The second kappa shape index (κ2) is 5.39. The predicted molar refractivity (Wildman–Crippen MR) is 71.2 cm³/mol. The highest BCUT2D eigenvalue weighted by molar-refractivity contribution is 14.1. The summed E-state index contributed by atoms with van der Waals surface area (Å²) in [5, 5.41) is 1.98. The zero-order valence-corrected chi connectivity index (χ0v) is 14.4. The van der Waals surface area contributed by atoms with Gasteiger partial charge < -0.3 is 28.5 Å². The number of aromatic nitrogens is 2. The van der Waals surface area contributed by atoms with Crippen molar-refractivity contribution in [1.82, 2.24) is 4.57 Å². The molecule has 0 aliphatic heterocycles. The molecule has 0 bridgehead atoms. The van der Waals surface area contributed by atoms with E-state index >= 15 is 0 Å². The van der Waals surface area contributed by atoms with Crippen molar-refractivity contribution < 1.29 is 28.5 Å². The SMILES string of the molecule is CC(C)[n+]1ccc2c(c(I)cn2C)c1Cl.[I-]. The van der Waals surface area contributed by atoms with Crippen LogP contribution in [-0.2, 0) is 7.05 Å². The van der Waals surface area contributed by atoms with Crippen LogP contribution in [0.25, 0.3) is 10.9 Å². The second-order valence-corrected chi connectivity index (χ2v) is 5.48. The number of rotatable bonds is 1. The van der Waals surface area contributed by atoms with Crippen LogP contribution < -0.4 is 28.5 Å². The van der Waals surface area contributed by atoms with Gasteiger partial charge in [-0.15, -0.1) is 0 Å². The van der Waals surface area contributed by atoms with Gasteiger partial charge in [0, 0.05) is 22.9 Å². The largest absolute Gasteiger partial charge is 1.00 e. The molecule has 2 nitrogen and oxygen atoms in total. The molecule has 88 valence electrons. The van der Waals surface area contributed by atoms with E-state index in [0.717, 1.165) is 10.5 Å². The molecule has 2 aromatic rings. The Morgan fingerprint density at radius 2 is 2.06 bits per heavy atom. The van der Waals surface area contributed by atoms with Gasteiger partial charge in [0.05, 0.1) is 10.9 Å². The molecule has 0 fully saturated rings. The molecule has 0 aliphatic carbocycles. The van der Waals surface area contributed by atoms with Crippen molar-refractivity contribution in [2.75, 3.05) is 0 Å². The van der Waals surface area contributed by atoms with Gasteiger partial charge in [-0.1, -0.05) is 0 Å². The molecule has 0 saturated heterocycles. The minimum Gasteiger partial charge on any atom is -1.00 e. The van der Waals surface area contributed by atoms with E-state index in [9.17, 15) is 0 Å². The number of halogens is 3. The van der Waals surface area contributed by atoms with Crippen molar-refractivity contribution >= 4 is 45.1 Å². The van der Waals surface area contributed by atoms with Crippen LogP contribution in [0.15, 0.2) is 18.5 Å². The van der Waals surface area contributed by atoms with E-state index in [1.165, 1.54) is 9.09 Å². The molecule has 0 radical (unpaired) electrons. The van der Waals surface area contributed by atoms with Gasteiger partial charge in [-0.3, -0.25) is 0 Å². The maximum absolute atomic E-state index is 6.40. The molecule has 2 aromatic heterocycles. The number of hydrogen-bond acceptors (Lipinski definition) is 0. The Balaban J connectivity index is 0.00000128. The number of pyridine rings is 1. The summed E-state index contributed by atoms with van der Waals surface area (Å²) in [4.78, 5) is 0. The van der Waals surface area contributed by atoms with E-state index < -0.39 is 0 Å². The zero-order valence-electron chi connectivity index (χ0n) is 9.34. The van der Waals surface area contributed by atoms with Crippen LogP contribution in [0.3, 0.4) is 0 Å². The molecule has 0 saturated carbocycles. The lowest BCUT2D eigenvalue weighted by Crippen LogP contribution is -3.00. The van der Waals surface area contributed by atoms with E-state index in [4.69, 9.17) is 11.6 Å². The second-order valence-electron chi connectivity index (χ2n) is 3.96. The van der Waals surface area contributed by atoms with Gasteiger partial charge in [0.25, 0.3) is 5.15 Å². The Kier molecular flexibility index (Phi) is 4.88. The first kappa shape index (κ1) is 14.5. The molecule has 0 spiro atoms. The first-order valence-corrected chi connectivity index (χ1v) is 6.32. The van der Waals surface area contributed by atoms with Crippen LogP contribution in [0, 0.1) is 3.57 Å². The molecule has 16 heavy (non-hydrogen) atoms. The highest BCUT2D eigenvalue weighted by Gasteiger charge is 2.19. The van der Waals surface area contributed by atoms with Gasteiger partial charge >= 0.3 is 0 Å². The van der Waals surface area contributed by atoms with Gasteiger partial charge in [0.2, 0.25) is 0 Å². The fourth-order valence-corrected chi connectivity index (χ4v) is 3.31. The standard InChI is InChI=1S/C11H13ClIN2.HI/c1-7(2)15-5-4-9-10(11(15)12)8(13)6-14(9)3;/h4-7H,1-3H3;1H/q+1;/p-1. The van der Waals surface area contributed by atoms with Crippen LogP contribution in [0.1, 0.15) is 19.9 Å². The van der Waals surface area contributed by atoms with E-state index in [0.29, 0.717) is 6.04 Å². The summed E-state index contributed by atoms with van der Waals surface area (Å²) >= 11 is 8.73. The summed E-state index contributed by atoms with van der Waals surface area (Å²) in [6.07, 6.45) is 4.15. The van der Waals surface area contributed by atoms with Crippen LogP contribution in [0.5, 0.6) is 0 Å². The van der Waals surface area contributed by atoms with Crippen LogP contribution in [0.2, 0.25) is 5.15 Å². The lowest BCUT2D eigenvalue weighted by atomic mass is 10.3. The minimum atomic E-state index is 0. The average Bonchev–Trinajstić information content (AvgIpc) is 2.43. The normalized spacial score (nSPS) is 10.9. The Labute approximate surface area is 131 Å². The Morgan fingerprint density at radius 1 is 1.44 bits per heavy atom. The third-order valence-electron chi connectivity index (χ3n) is 2.56. The summed E-state index contributed by atoms with van der Waals surface area (Å²) in [5.41, 5.74) is 1.18. The molecule has 2 heterocycles. The summed E-state index contributed by atoms with van der Waals surface area (Å²) in [7, 11) is 2.04. The minimum absolute atomic E-state index is 0. The van der Waals surface area contributed by atoms with Crippen molar-refractivity contribution in [3.63, 3.8) is 0 Å². The van der Waals surface area contributed by atoms with Gasteiger partial charge in [0.15, 0.2) is 12.2 Å². The maximum atomic E-state index is 6.40. The summed E-state index contributed by atoms with van der Waals surface area (Å²) < 4.78 is 5.39. The maximum Gasteiger partial charge on any atom is 0.285 e. The van der Waals surface area contributed by atoms with Crippen molar-refractivity contribution in [2.24, 2.45) is 7.05 Å². The van der Waals surface area contributed by atoms with Crippen LogP contribution in [0.4, 0.5) is 0 Å².